The van der Waals surface area contributed by atoms with Gasteiger partial charge in [0.25, 0.3) is 0 Å². The molecule has 5 nitrogen and oxygen atoms in total. The van der Waals surface area contributed by atoms with Crippen LogP contribution in [0.2, 0.25) is 0 Å². The largest absolute Gasteiger partial charge is 0.481 e. The quantitative estimate of drug-likeness (QED) is 0.554. The molecule has 4 N–H and O–H groups in total. The van der Waals surface area contributed by atoms with Crippen LogP contribution in [0.1, 0.15) is 12.8 Å². The molecule has 0 aromatic carbocycles. The second-order valence-electron chi connectivity index (χ2n) is 4.80. The van der Waals surface area contributed by atoms with Crippen molar-refractivity contribution in [3.05, 3.63) is 0 Å². The second kappa shape index (κ2) is 1.82. The minimum atomic E-state index is -1.26. The molecule has 5 heteroatoms. The molecular weight excluding hydrogens is 186 g/mol. The molecule has 4 aliphatic rings. The highest BCUT2D eigenvalue weighted by Crippen LogP contribution is 2.81. The molecule has 5 atom stereocenters. The molecule has 0 aromatic heterocycles. The predicted molar refractivity (Wildman–Crippen MR) is 44.3 cm³/mol. The summed E-state index contributed by atoms with van der Waals surface area (Å²) < 4.78 is 0. The van der Waals surface area contributed by atoms with Crippen molar-refractivity contribution < 1.29 is 19.8 Å². The van der Waals surface area contributed by atoms with Crippen molar-refractivity contribution in [1.29, 1.82) is 0 Å². The molecule has 14 heavy (non-hydrogen) atoms. The van der Waals surface area contributed by atoms with Gasteiger partial charge in [-0.25, -0.2) is 0 Å². The van der Waals surface area contributed by atoms with E-state index in [1.165, 1.54) is 0 Å². The lowest BCUT2D eigenvalue weighted by molar-refractivity contribution is -0.145. The van der Waals surface area contributed by atoms with Crippen molar-refractivity contribution in [3.8, 4) is 0 Å². The lowest BCUT2D eigenvalue weighted by Gasteiger charge is -2.22. The summed E-state index contributed by atoms with van der Waals surface area (Å²) in [4.78, 5) is 22.1. The molecule has 0 saturated heterocycles. The third-order valence-electron chi connectivity index (χ3n) is 4.59. The summed E-state index contributed by atoms with van der Waals surface area (Å²) in [6.07, 6.45) is 1.14. The van der Waals surface area contributed by atoms with Crippen molar-refractivity contribution in [1.82, 2.24) is 0 Å². The molecule has 0 radical (unpaired) electrons. The minimum Gasteiger partial charge on any atom is -0.481 e. The van der Waals surface area contributed by atoms with Gasteiger partial charge in [0.15, 0.2) is 0 Å². The molecule has 4 rings (SSSR count). The van der Waals surface area contributed by atoms with E-state index in [2.05, 4.69) is 0 Å². The van der Waals surface area contributed by atoms with Gasteiger partial charge in [-0.1, -0.05) is 0 Å². The summed E-state index contributed by atoms with van der Waals surface area (Å²) in [5.74, 6) is -2.33. The van der Waals surface area contributed by atoms with Crippen molar-refractivity contribution in [2.75, 3.05) is 0 Å². The van der Waals surface area contributed by atoms with Crippen LogP contribution >= 0.6 is 0 Å². The van der Waals surface area contributed by atoms with Crippen molar-refractivity contribution in [2.24, 2.45) is 28.9 Å². The van der Waals surface area contributed by atoms with Crippen molar-refractivity contribution >= 4 is 11.9 Å². The fourth-order valence-corrected chi connectivity index (χ4v) is 4.00. The van der Waals surface area contributed by atoms with E-state index in [9.17, 15) is 9.59 Å². The van der Waals surface area contributed by atoms with E-state index in [4.69, 9.17) is 15.9 Å². The van der Waals surface area contributed by atoms with E-state index in [1.54, 1.807) is 0 Å². The summed E-state index contributed by atoms with van der Waals surface area (Å²) in [6.45, 7) is 0. The number of nitrogens with two attached hydrogens (primary N) is 1. The number of carbonyl (C=O) groups is 2. The molecule has 4 fully saturated rings. The molecule has 0 amide bonds. The molecule has 4 unspecified atom stereocenters. The van der Waals surface area contributed by atoms with Gasteiger partial charge in [0, 0.05) is 5.92 Å². The zero-order valence-electron chi connectivity index (χ0n) is 7.43. The van der Waals surface area contributed by atoms with Crippen LogP contribution in [0, 0.1) is 23.2 Å². The highest BCUT2D eigenvalue weighted by molar-refractivity contribution is 5.90. The van der Waals surface area contributed by atoms with Gasteiger partial charge < -0.3 is 15.9 Å². The monoisotopic (exact) mass is 197 g/mol. The summed E-state index contributed by atoms with van der Waals surface area (Å²) in [7, 11) is 0. The Hall–Kier alpha value is -1.10. The van der Waals surface area contributed by atoms with Crippen LogP contribution < -0.4 is 5.73 Å². The highest BCUT2D eigenvalue weighted by atomic mass is 16.4. The fourth-order valence-electron chi connectivity index (χ4n) is 4.00. The molecule has 0 heterocycles. The van der Waals surface area contributed by atoms with Gasteiger partial charge in [-0.05, 0) is 24.7 Å². The Morgan fingerprint density at radius 1 is 1.29 bits per heavy atom. The third-order valence-corrected chi connectivity index (χ3v) is 4.59. The Bertz CT molecular complexity index is 368. The molecule has 4 saturated carbocycles. The molecule has 0 aliphatic heterocycles. The maximum absolute atomic E-state index is 11.1. The first-order valence-corrected chi connectivity index (χ1v) is 4.71. The zero-order chi connectivity index (χ0) is 10.3. The minimum absolute atomic E-state index is 0.0195. The Kier molecular flexibility index (Phi) is 1.07. The van der Waals surface area contributed by atoms with Gasteiger partial charge >= 0.3 is 11.9 Å². The first-order chi connectivity index (χ1) is 6.45. The summed E-state index contributed by atoms with van der Waals surface area (Å²) in [5.41, 5.74) is 3.79. The maximum atomic E-state index is 11.1. The Morgan fingerprint density at radius 3 is 2.21 bits per heavy atom. The van der Waals surface area contributed by atoms with Gasteiger partial charge in [0.1, 0.15) is 5.54 Å². The molecule has 4 bridgehead atoms. The predicted octanol–water partition coefficient (Wildman–Crippen LogP) is -0.491. The highest BCUT2D eigenvalue weighted by Gasteiger charge is 2.88. The number of rotatable bonds is 2. The van der Waals surface area contributed by atoms with Gasteiger partial charge in [-0.2, -0.15) is 0 Å². The maximum Gasteiger partial charge on any atom is 0.324 e. The normalized spacial score (nSPS) is 57.4. The van der Waals surface area contributed by atoms with E-state index >= 15 is 0 Å². The van der Waals surface area contributed by atoms with E-state index < -0.39 is 22.9 Å². The lowest BCUT2D eigenvalue weighted by atomic mass is 9.90. The molecular formula is C9H11NO4. The van der Waals surface area contributed by atoms with Gasteiger partial charge in [-0.15, -0.1) is 0 Å². The second-order valence-corrected chi connectivity index (χ2v) is 4.80. The van der Waals surface area contributed by atoms with Crippen LogP contribution in [0.15, 0.2) is 0 Å². The number of hydrogen-bond acceptors (Lipinski definition) is 3. The van der Waals surface area contributed by atoms with E-state index in [-0.39, 0.29) is 17.8 Å². The number of hydrogen-bond donors (Lipinski definition) is 3. The van der Waals surface area contributed by atoms with Crippen LogP contribution in [0.3, 0.4) is 0 Å². The van der Waals surface area contributed by atoms with E-state index in [1.807, 2.05) is 0 Å². The average Bonchev–Trinajstić information content (AvgIpc) is 2.45. The Morgan fingerprint density at radius 2 is 1.93 bits per heavy atom. The smallest absolute Gasteiger partial charge is 0.324 e. The van der Waals surface area contributed by atoms with Gasteiger partial charge in [0.2, 0.25) is 0 Å². The summed E-state index contributed by atoms with van der Waals surface area (Å²) in [6, 6.07) is 0. The van der Waals surface area contributed by atoms with Crippen molar-refractivity contribution in [2.45, 2.75) is 18.4 Å². The number of carboxylic acid groups (broad SMARTS) is 2. The third kappa shape index (κ3) is 0.507. The van der Waals surface area contributed by atoms with E-state index in [0.29, 0.717) is 12.8 Å². The van der Waals surface area contributed by atoms with Crippen LogP contribution in [-0.2, 0) is 9.59 Å². The van der Waals surface area contributed by atoms with Crippen LogP contribution in [-0.4, -0.2) is 27.7 Å². The zero-order valence-corrected chi connectivity index (χ0v) is 7.43. The van der Waals surface area contributed by atoms with Crippen LogP contribution in [0.25, 0.3) is 0 Å². The fraction of sp³-hybridized carbons (Fsp3) is 0.778. The molecule has 4 aliphatic carbocycles. The van der Waals surface area contributed by atoms with Crippen LogP contribution in [0.4, 0.5) is 0 Å². The van der Waals surface area contributed by atoms with Gasteiger partial charge in [-0.3, -0.25) is 9.59 Å². The standard InChI is InChI=1S/C9H11NO4/c10-9(7(13)14)3-1-4-5(9)8(4,2-3)6(11)12/h3-5H,1-2,10H2,(H,11,12)(H,13,14)/t3?,4?,5?,8?,9-/m1/s1. The molecule has 0 spiro atoms. The SMILES string of the molecule is N[C@]1(C(=O)O)C2CC3C1C3(C(=O)O)C2. The summed E-state index contributed by atoms with van der Waals surface area (Å²) >= 11 is 0. The summed E-state index contributed by atoms with van der Waals surface area (Å²) in [5, 5.41) is 18.1. The van der Waals surface area contributed by atoms with Crippen molar-refractivity contribution in [3.63, 3.8) is 0 Å². The number of carboxylic acids is 2. The first-order valence-electron chi connectivity index (χ1n) is 4.71. The molecule has 76 valence electrons. The first kappa shape index (κ1) is 8.23. The Balaban J connectivity index is 2.06. The topological polar surface area (TPSA) is 101 Å². The van der Waals surface area contributed by atoms with E-state index in [0.717, 1.165) is 0 Å². The average molecular weight is 197 g/mol. The Labute approximate surface area is 79.9 Å². The van der Waals surface area contributed by atoms with Gasteiger partial charge in [0.05, 0.1) is 5.41 Å². The molecule has 0 aromatic rings. The number of aliphatic carboxylic acids is 2. The lowest BCUT2D eigenvalue weighted by Crippen LogP contribution is -2.51. The van der Waals surface area contributed by atoms with Crippen LogP contribution in [0.5, 0.6) is 0 Å².